The summed E-state index contributed by atoms with van der Waals surface area (Å²) in [5, 5.41) is 9.10. The Balaban J connectivity index is 1.70. The zero-order valence-corrected chi connectivity index (χ0v) is 13.0. The van der Waals surface area contributed by atoms with E-state index in [1.807, 2.05) is 23.1 Å². The molecular formula is C19H18N4. The minimum absolute atomic E-state index is 0.294. The molecule has 4 rings (SSSR count). The first kappa shape index (κ1) is 13.8. The average molecular weight is 302 g/mol. The number of imidazole rings is 1. The van der Waals surface area contributed by atoms with Crippen LogP contribution in [0.5, 0.6) is 0 Å². The maximum atomic E-state index is 9.10. The van der Waals surface area contributed by atoms with Gasteiger partial charge in [0.2, 0.25) is 0 Å². The molecule has 0 saturated carbocycles. The number of fused-ring (bicyclic) bond motifs is 1. The molecule has 0 bridgehead atoms. The Hall–Kier alpha value is -2.80. The van der Waals surface area contributed by atoms with Crippen LogP contribution in [0.2, 0.25) is 0 Å². The number of nitriles is 1. The van der Waals surface area contributed by atoms with Crippen molar-refractivity contribution < 1.29 is 0 Å². The van der Waals surface area contributed by atoms with Gasteiger partial charge in [-0.1, -0.05) is 43.3 Å². The highest BCUT2D eigenvalue weighted by atomic mass is 15.2. The molecule has 1 aliphatic heterocycles. The number of likely N-dealkylation sites (tertiary alicyclic amines) is 1. The largest absolute Gasteiger partial charge is 0.342 e. The van der Waals surface area contributed by atoms with Crippen LogP contribution in [0, 0.1) is 17.4 Å². The van der Waals surface area contributed by atoms with Gasteiger partial charge in [-0.15, -0.1) is 0 Å². The highest BCUT2D eigenvalue weighted by Gasteiger charge is 2.32. The van der Waals surface area contributed by atoms with Crippen LogP contribution in [0.3, 0.4) is 0 Å². The Morgan fingerprint density at radius 3 is 2.70 bits per heavy atom. The summed E-state index contributed by atoms with van der Waals surface area (Å²) in [5.41, 5.74) is 4.42. The SMILES string of the molecule is C[C@@H]1CN(C#N)C[C@H]1c1nc2cc(-c3ccccc3)ccc2[nH]1. The lowest BCUT2D eigenvalue weighted by Gasteiger charge is -2.09. The van der Waals surface area contributed by atoms with Crippen LogP contribution in [0.4, 0.5) is 0 Å². The van der Waals surface area contributed by atoms with E-state index in [0.29, 0.717) is 11.8 Å². The molecule has 1 aromatic heterocycles. The van der Waals surface area contributed by atoms with Gasteiger partial charge in [-0.05, 0) is 29.2 Å². The molecule has 0 radical (unpaired) electrons. The van der Waals surface area contributed by atoms with Crippen LogP contribution in [0.1, 0.15) is 18.7 Å². The number of aromatic nitrogens is 2. The van der Waals surface area contributed by atoms with Gasteiger partial charge in [0.1, 0.15) is 5.82 Å². The van der Waals surface area contributed by atoms with Crippen molar-refractivity contribution >= 4 is 11.0 Å². The lowest BCUT2D eigenvalue weighted by molar-refractivity contribution is 0.465. The summed E-state index contributed by atoms with van der Waals surface area (Å²) in [6.07, 6.45) is 2.25. The number of nitrogens with one attached hydrogen (secondary N) is 1. The molecule has 0 spiro atoms. The van der Waals surface area contributed by atoms with Crippen molar-refractivity contribution in [3.05, 3.63) is 54.4 Å². The lowest BCUT2D eigenvalue weighted by Crippen LogP contribution is -2.13. The molecule has 0 amide bonds. The van der Waals surface area contributed by atoms with Gasteiger partial charge in [0.05, 0.1) is 11.0 Å². The molecule has 2 heterocycles. The van der Waals surface area contributed by atoms with Gasteiger partial charge in [0.25, 0.3) is 0 Å². The van der Waals surface area contributed by atoms with Gasteiger partial charge < -0.3 is 9.88 Å². The number of H-pyrrole nitrogens is 1. The van der Waals surface area contributed by atoms with Gasteiger partial charge in [-0.2, -0.15) is 5.26 Å². The van der Waals surface area contributed by atoms with E-state index in [0.717, 1.165) is 29.9 Å². The monoisotopic (exact) mass is 302 g/mol. The number of hydrogen-bond acceptors (Lipinski definition) is 3. The minimum Gasteiger partial charge on any atom is -0.342 e. The third-order valence-electron chi connectivity index (χ3n) is 4.71. The van der Waals surface area contributed by atoms with Crippen molar-refractivity contribution in [1.82, 2.24) is 14.9 Å². The summed E-state index contributed by atoms with van der Waals surface area (Å²) < 4.78 is 0. The first-order chi connectivity index (χ1) is 11.2. The number of hydrogen-bond donors (Lipinski definition) is 1. The van der Waals surface area contributed by atoms with E-state index < -0.39 is 0 Å². The fourth-order valence-corrected chi connectivity index (χ4v) is 3.42. The van der Waals surface area contributed by atoms with Crippen LogP contribution >= 0.6 is 0 Å². The average Bonchev–Trinajstić information content (AvgIpc) is 3.17. The first-order valence-electron chi connectivity index (χ1n) is 7.94. The maximum Gasteiger partial charge on any atom is 0.179 e. The molecule has 1 N–H and O–H groups in total. The Morgan fingerprint density at radius 1 is 1.13 bits per heavy atom. The molecule has 1 saturated heterocycles. The summed E-state index contributed by atoms with van der Waals surface area (Å²) >= 11 is 0. The highest BCUT2D eigenvalue weighted by molar-refractivity contribution is 5.82. The number of nitrogens with zero attached hydrogens (tertiary/aromatic N) is 3. The molecule has 2 aromatic carbocycles. The molecule has 0 unspecified atom stereocenters. The zero-order chi connectivity index (χ0) is 15.8. The third-order valence-corrected chi connectivity index (χ3v) is 4.71. The van der Waals surface area contributed by atoms with Crippen LogP contribution in [-0.4, -0.2) is 28.0 Å². The summed E-state index contributed by atoms with van der Waals surface area (Å²) in [5.74, 6) is 1.72. The quantitative estimate of drug-likeness (QED) is 0.734. The van der Waals surface area contributed by atoms with Crippen LogP contribution in [-0.2, 0) is 0 Å². The van der Waals surface area contributed by atoms with E-state index in [2.05, 4.69) is 48.4 Å². The molecule has 1 fully saturated rings. The van der Waals surface area contributed by atoms with E-state index in [9.17, 15) is 0 Å². The van der Waals surface area contributed by atoms with Crippen molar-refractivity contribution in [1.29, 1.82) is 5.26 Å². The molecule has 23 heavy (non-hydrogen) atoms. The van der Waals surface area contributed by atoms with E-state index in [1.54, 1.807) is 0 Å². The van der Waals surface area contributed by atoms with E-state index in [1.165, 1.54) is 11.1 Å². The molecule has 2 atom stereocenters. The van der Waals surface area contributed by atoms with Gasteiger partial charge in [0, 0.05) is 19.0 Å². The van der Waals surface area contributed by atoms with E-state index in [4.69, 9.17) is 10.2 Å². The number of aromatic amines is 1. The van der Waals surface area contributed by atoms with Crippen molar-refractivity contribution in [3.8, 4) is 17.3 Å². The van der Waals surface area contributed by atoms with Gasteiger partial charge in [-0.25, -0.2) is 4.98 Å². The van der Waals surface area contributed by atoms with Crippen molar-refractivity contribution in [3.63, 3.8) is 0 Å². The predicted octanol–water partition coefficient (Wildman–Crippen LogP) is 3.75. The Bertz CT molecular complexity index is 875. The van der Waals surface area contributed by atoms with Crippen molar-refractivity contribution in [2.75, 3.05) is 13.1 Å². The first-order valence-corrected chi connectivity index (χ1v) is 7.94. The molecular weight excluding hydrogens is 284 g/mol. The number of benzene rings is 2. The Labute approximate surface area is 135 Å². The highest BCUT2D eigenvalue weighted by Crippen LogP contribution is 2.32. The van der Waals surface area contributed by atoms with Crippen LogP contribution < -0.4 is 0 Å². The van der Waals surface area contributed by atoms with Gasteiger partial charge >= 0.3 is 0 Å². The van der Waals surface area contributed by atoms with Gasteiger partial charge in [0.15, 0.2) is 6.19 Å². The number of rotatable bonds is 2. The van der Waals surface area contributed by atoms with E-state index in [-0.39, 0.29) is 0 Å². The van der Waals surface area contributed by atoms with E-state index >= 15 is 0 Å². The zero-order valence-electron chi connectivity index (χ0n) is 13.0. The maximum absolute atomic E-state index is 9.10. The Morgan fingerprint density at radius 2 is 1.96 bits per heavy atom. The smallest absolute Gasteiger partial charge is 0.179 e. The fraction of sp³-hybridized carbons (Fsp3) is 0.263. The molecule has 4 nitrogen and oxygen atoms in total. The predicted molar refractivity (Wildman–Crippen MR) is 90.6 cm³/mol. The summed E-state index contributed by atoms with van der Waals surface area (Å²) in [4.78, 5) is 10.1. The van der Waals surface area contributed by atoms with Crippen LogP contribution in [0.15, 0.2) is 48.5 Å². The summed E-state index contributed by atoms with van der Waals surface area (Å²) in [7, 11) is 0. The van der Waals surface area contributed by atoms with Gasteiger partial charge in [-0.3, -0.25) is 0 Å². The third kappa shape index (κ3) is 2.44. The summed E-state index contributed by atoms with van der Waals surface area (Å²) in [6, 6.07) is 16.7. The van der Waals surface area contributed by atoms with Crippen molar-refractivity contribution in [2.24, 2.45) is 5.92 Å². The second-order valence-electron chi connectivity index (χ2n) is 6.31. The molecule has 4 heteroatoms. The summed E-state index contributed by atoms with van der Waals surface area (Å²) in [6.45, 7) is 3.75. The lowest BCUT2D eigenvalue weighted by atomic mass is 9.98. The second-order valence-corrected chi connectivity index (χ2v) is 6.31. The normalized spacial score (nSPS) is 20.8. The molecule has 0 aliphatic carbocycles. The molecule has 114 valence electrons. The minimum atomic E-state index is 0.294. The van der Waals surface area contributed by atoms with Crippen molar-refractivity contribution in [2.45, 2.75) is 12.8 Å². The van der Waals surface area contributed by atoms with Crippen LogP contribution in [0.25, 0.3) is 22.2 Å². The topological polar surface area (TPSA) is 55.7 Å². The molecule has 1 aliphatic rings. The fourth-order valence-electron chi connectivity index (χ4n) is 3.42. The molecule has 3 aromatic rings. The standard InChI is InChI=1S/C19H18N4/c1-13-10-23(12-20)11-16(13)19-21-17-8-7-15(9-18(17)22-19)14-5-3-2-4-6-14/h2-9,13,16H,10-11H2,1H3,(H,21,22)/t13-,16-/m1/s1. The second kappa shape index (κ2) is 5.44. The Kier molecular flexibility index (Phi) is 3.27.